The van der Waals surface area contributed by atoms with Crippen LogP contribution in [0.4, 0.5) is 0 Å². The Morgan fingerprint density at radius 1 is 1.11 bits per heavy atom. The van der Waals surface area contributed by atoms with Crippen LogP contribution in [0.5, 0.6) is 0 Å². The van der Waals surface area contributed by atoms with Crippen LogP contribution in [0.3, 0.4) is 0 Å². The van der Waals surface area contributed by atoms with Crippen LogP contribution in [0.2, 0.25) is 0 Å². The fraction of sp³-hybridized carbons (Fsp3) is 0.786. The molecule has 0 unspecified atom stereocenters. The third-order valence-corrected chi connectivity index (χ3v) is 4.06. The molecule has 104 valence electrons. The lowest BCUT2D eigenvalue weighted by atomic mass is 10.1. The van der Waals surface area contributed by atoms with Crippen LogP contribution in [0.15, 0.2) is 10.9 Å². The fourth-order valence-electron chi connectivity index (χ4n) is 2.05. The molecule has 1 aromatic heterocycles. The maximum atomic E-state index is 4.31. The minimum Gasteiger partial charge on any atom is -0.301 e. The van der Waals surface area contributed by atoms with Gasteiger partial charge in [-0.05, 0) is 32.2 Å². The van der Waals surface area contributed by atoms with Gasteiger partial charge < -0.3 is 4.90 Å². The first-order chi connectivity index (χ1) is 8.83. The van der Waals surface area contributed by atoms with Gasteiger partial charge in [0.05, 0.1) is 11.2 Å². The van der Waals surface area contributed by atoms with Crippen molar-refractivity contribution in [1.29, 1.82) is 0 Å². The average molecular weight is 287 g/mol. The molecular weight excluding hydrogens is 260 g/mol. The molecule has 18 heavy (non-hydrogen) atoms. The zero-order chi connectivity index (χ0) is 13.1. The lowest BCUT2D eigenvalue weighted by Gasteiger charge is -2.14. The predicted molar refractivity (Wildman–Crippen MR) is 84.6 cm³/mol. The second-order valence-corrected chi connectivity index (χ2v) is 6.08. The number of hydrogen-bond donors (Lipinski definition) is 1. The molecule has 0 aromatic carbocycles. The maximum absolute atomic E-state index is 4.31. The van der Waals surface area contributed by atoms with Crippen molar-refractivity contribution in [2.45, 2.75) is 51.5 Å². The van der Waals surface area contributed by atoms with Crippen molar-refractivity contribution in [3.8, 4) is 0 Å². The third-order valence-electron chi connectivity index (χ3n) is 3.11. The van der Waals surface area contributed by atoms with E-state index < -0.39 is 0 Å². The molecule has 1 aromatic rings. The molecule has 0 atom stereocenters. The first kappa shape index (κ1) is 16.0. The van der Waals surface area contributed by atoms with E-state index in [1.807, 2.05) is 5.51 Å². The normalized spacial score (nSPS) is 11.3. The first-order valence-corrected chi connectivity index (χ1v) is 8.57. The Morgan fingerprint density at radius 2 is 1.78 bits per heavy atom. The quantitative estimate of drug-likeness (QED) is 0.484. The van der Waals surface area contributed by atoms with Gasteiger partial charge in [-0.2, -0.15) is 12.6 Å². The lowest BCUT2D eigenvalue weighted by Crippen LogP contribution is -2.19. The second-order valence-electron chi connectivity index (χ2n) is 4.92. The van der Waals surface area contributed by atoms with Crippen LogP contribution in [-0.4, -0.2) is 29.2 Å². The number of nitrogens with zero attached hydrogens (tertiary/aromatic N) is 2. The monoisotopic (exact) mass is 286 g/mol. The van der Waals surface area contributed by atoms with E-state index in [1.165, 1.54) is 57.2 Å². The topological polar surface area (TPSA) is 16.1 Å². The van der Waals surface area contributed by atoms with Gasteiger partial charge in [-0.15, -0.1) is 11.3 Å². The molecule has 0 amide bonds. The molecular formula is C14H26N2S2. The molecule has 0 N–H and O–H groups in total. The van der Waals surface area contributed by atoms with Gasteiger partial charge >= 0.3 is 0 Å². The lowest BCUT2D eigenvalue weighted by molar-refractivity contribution is 0.313. The van der Waals surface area contributed by atoms with Crippen molar-refractivity contribution in [2.75, 3.05) is 19.3 Å². The van der Waals surface area contributed by atoms with Crippen LogP contribution in [0, 0.1) is 0 Å². The number of hydrogen-bond acceptors (Lipinski definition) is 4. The zero-order valence-corrected chi connectivity index (χ0v) is 13.2. The molecule has 4 heteroatoms. The van der Waals surface area contributed by atoms with Crippen LogP contribution < -0.4 is 0 Å². The Balaban J connectivity index is 1.88. The summed E-state index contributed by atoms with van der Waals surface area (Å²) in [5, 5.41) is 2.14. The van der Waals surface area contributed by atoms with Crippen molar-refractivity contribution in [1.82, 2.24) is 9.88 Å². The van der Waals surface area contributed by atoms with Crippen molar-refractivity contribution in [3.63, 3.8) is 0 Å². The Kier molecular flexibility index (Phi) is 9.62. The minimum absolute atomic E-state index is 0.992. The van der Waals surface area contributed by atoms with Crippen LogP contribution in [0.1, 0.15) is 50.6 Å². The van der Waals surface area contributed by atoms with E-state index in [-0.39, 0.29) is 0 Å². The van der Waals surface area contributed by atoms with Gasteiger partial charge in [-0.3, -0.25) is 0 Å². The Labute approximate surface area is 121 Å². The van der Waals surface area contributed by atoms with E-state index in [2.05, 4.69) is 34.9 Å². The van der Waals surface area contributed by atoms with Crippen molar-refractivity contribution >= 4 is 24.0 Å². The summed E-state index contributed by atoms with van der Waals surface area (Å²) in [5.74, 6) is 1.04. The van der Waals surface area contributed by atoms with Gasteiger partial charge in [0.2, 0.25) is 0 Å². The minimum atomic E-state index is 0.992. The Bertz CT molecular complexity index is 275. The molecule has 2 nitrogen and oxygen atoms in total. The molecule has 0 fully saturated rings. The summed E-state index contributed by atoms with van der Waals surface area (Å²) in [5.41, 5.74) is 3.11. The number of rotatable bonds is 11. The summed E-state index contributed by atoms with van der Waals surface area (Å²) >= 11 is 5.91. The summed E-state index contributed by atoms with van der Waals surface area (Å²) < 4.78 is 0. The molecule has 0 aliphatic rings. The summed E-state index contributed by atoms with van der Waals surface area (Å²) in [4.78, 5) is 6.68. The van der Waals surface area contributed by atoms with E-state index in [4.69, 9.17) is 0 Å². The van der Waals surface area contributed by atoms with Crippen molar-refractivity contribution in [3.05, 3.63) is 16.6 Å². The fourth-order valence-corrected chi connectivity index (χ4v) is 2.82. The highest BCUT2D eigenvalue weighted by Gasteiger charge is 2.01. The summed E-state index contributed by atoms with van der Waals surface area (Å²) in [6.07, 6.45) is 9.47. The highest BCUT2D eigenvalue weighted by atomic mass is 32.1. The average Bonchev–Trinajstić information content (AvgIpc) is 2.85. The number of thiol groups is 1. The number of thiazole rings is 1. The standard InChI is InChI=1S/C14H26N2S2/c1-16(11-14-12-18-13-15-14)9-7-5-3-2-4-6-8-10-17/h12-13,17H,2-11H2,1H3. The molecule has 0 radical (unpaired) electrons. The van der Waals surface area contributed by atoms with Crippen LogP contribution in [0.25, 0.3) is 0 Å². The van der Waals surface area contributed by atoms with E-state index >= 15 is 0 Å². The maximum Gasteiger partial charge on any atom is 0.0795 e. The molecule has 1 heterocycles. The highest BCUT2D eigenvalue weighted by Crippen LogP contribution is 2.09. The molecule has 0 aliphatic carbocycles. The van der Waals surface area contributed by atoms with Crippen LogP contribution in [-0.2, 0) is 6.54 Å². The van der Waals surface area contributed by atoms with E-state index in [1.54, 1.807) is 11.3 Å². The Hall–Kier alpha value is -0.0600. The van der Waals surface area contributed by atoms with Gasteiger partial charge in [0.25, 0.3) is 0 Å². The largest absolute Gasteiger partial charge is 0.301 e. The van der Waals surface area contributed by atoms with Crippen molar-refractivity contribution < 1.29 is 0 Å². The highest BCUT2D eigenvalue weighted by molar-refractivity contribution is 7.80. The molecule has 0 spiro atoms. The van der Waals surface area contributed by atoms with Crippen LogP contribution >= 0.6 is 24.0 Å². The Morgan fingerprint density at radius 3 is 2.39 bits per heavy atom. The molecule has 1 rings (SSSR count). The summed E-state index contributed by atoms with van der Waals surface area (Å²) in [6.45, 7) is 2.18. The SMILES string of the molecule is CN(CCCCCCCCCS)Cc1cscn1. The van der Waals surface area contributed by atoms with Gasteiger partial charge in [-0.1, -0.05) is 32.1 Å². The van der Waals surface area contributed by atoms with E-state index in [9.17, 15) is 0 Å². The molecule has 0 aliphatic heterocycles. The summed E-state index contributed by atoms with van der Waals surface area (Å²) in [7, 11) is 2.19. The molecule has 0 bridgehead atoms. The molecule has 0 saturated carbocycles. The summed E-state index contributed by atoms with van der Waals surface area (Å²) in [6, 6.07) is 0. The van der Waals surface area contributed by atoms with Gasteiger partial charge in [0.1, 0.15) is 0 Å². The van der Waals surface area contributed by atoms with E-state index in [0.717, 1.165) is 12.3 Å². The second kappa shape index (κ2) is 10.8. The number of unbranched alkanes of at least 4 members (excludes halogenated alkanes) is 6. The number of aromatic nitrogens is 1. The third kappa shape index (κ3) is 8.11. The van der Waals surface area contributed by atoms with E-state index in [0.29, 0.717) is 0 Å². The zero-order valence-electron chi connectivity index (χ0n) is 11.5. The first-order valence-electron chi connectivity index (χ1n) is 6.99. The van der Waals surface area contributed by atoms with Gasteiger partial charge in [0.15, 0.2) is 0 Å². The van der Waals surface area contributed by atoms with Crippen molar-refractivity contribution in [2.24, 2.45) is 0 Å². The van der Waals surface area contributed by atoms with Gasteiger partial charge in [-0.25, -0.2) is 4.98 Å². The van der Waals surface area contributed by atoms with Gasteiger partial charge in [0, 0.05) is 11.9 Å². The smallest absolute Gasteiger partial charge is 0.0795 e. The molecule has 0 saturated heterocycles. The predicted octanol–water partition coefficient (Wildman–Crippen LogP) is 4.24.